The van der Waals surface area contributed by atoms with E-state index in [4.69, 9.17) is 0 Å². The van der Waals surface area contributed by atoms with E-state index in [1.54, 1.807) is 12.1 Å². The lowest BCUT2D eigenvalue weighted by atomic mass is 10.2. The van der Waals surface area contributed by atoms with Crippen LogP contribution in [-0.2, 0) is 6.54 Å². The molecule has 25 heavy (non-hydrogen) atoms. The van der Waals surface area contributed by atoms with Gasteiger partial charge in [0.1, 0.15) is 11.5 Å². The van der Waals surface area contributed by atoms with Crippen LogP contribution in [0.1, 0.15) is 16.1 Å². The second-order valence-electron chi connectivity index (χ2n) is 6.47. The van der Waals surface area contributed by atoms with Gasteiger partial charge in [-0.25, -0.2) is 4.39 Å². The van der Waals surface area contributed by atoms with E-state index in [0.717, 1.165) is 25.0 Å². The summed E-state index contributed by atoms with van der Waals surface area (Å²) in [6, 6.07) is 16.7. The summed E-state index contributed by atoms with van der Waals surface area (Å²) < 4.78 is 13.3. The van der Waals surface area contributed by atoms with Crippen molar-refractivity contribution in [1.29, 1.82) is 0 Å². The van der Waals surface area contributed by atoms with Crippen LogP contribution < -0.4 is 0 Å². The number of aromatic nitrogens is 1. The zero-order valence-electron chi connectivity index (χ0n) is 13.9. The molecule has 1 fully saturated rings. The van der Waals surface area contributed by atoms with Crippen molar-refractivity contribution < 1.29 is 9.18 Å². The molecule has 1 N–H and O–H groups in total. The number of fused-ring (bicyclic) bond motifs is 1. The van der Waals surface area contributed by atoms with E-state index >= 15 is 0 Å². The fourth-order valence-corrected chi connectivity index (χ4v) is 3.34. The Morgan fingerprint density at radius 1 is 1.00 bits per heavy atom. The highest BCUT2D eigenvalue weighted by molar-refractivity contribution is 5.98. The van der Waals surface area contributed by atoms with Crippen LogP contribution >= 0.6 is 0 Å². The minimum absolute atomic E-state index is 0.0176. The number of H-pyrrole nitrogens is 1. The van der Waals surface area contributed by atoms with E-state index < -0.39 is 0 Å². The molecule has 0 saturated carbocycles. The Morgan fingerprint density at radius 3 is 2.52 bits per heavy atom. The van der Waals surface area contributed by atoms with Crippen molar-refractivity contribution in [1.82, 2.24) is 14.8 Å². The van der Waals surface area contributed by atoms with Gasteiger partial charge < -0.3 is 9.88 Å². The van der Waals surface area contributed by atoms with Crippen LogP contribution in [0.15, 0.2) is 54.6 Å². The maximum atomic E-state index is 13.3. The molecule has 1 saturated heterocycles. The number of amides is 1. The molecular formula is C20H20FN3O. The molecule has 0 radical (unpaired) electrons. The highest BCUT2D eigenvalue weighted by Gasteiger charge is 2.23. The van der Waals surface area contributed by atoms with Crippen LogP contribution in [0.4, 0.5) is 4.39 Å². The van der Waals surface area contributed by atoms with Crippen LogP contribution in [0, 0.1) is 5.82 Å². The number of carbonyl (C=O) groups excluding carboxylic acids is 1. The predicted octanol–water partition coefficient (Wildman–Crippen LogP) is 3.27. The van der Waals surface area contributed by atoms with Gasteiger partial charge in [0.25, 0.3) is 5.91 Å². The molecule has 1 aliphatic rings. The second-order valence-corrected chi connectivity index (χ2v) is 6.47. The number of nitrogens with one attached hydrogen (secondary N) is 1. The van der Waals surface area contributed by atoms with Gasteiger partial charge >= 0.3 is 0 Å². The Morgan fingerprint density at radius 2 is 1.76 bits per heavy atom. The molecule has 1 amide bonds. The van der Waals surface area contributed by atoms with Gasteiger partial charge in [0, 0.05) is 43.6 Å². The fraction of sp³-hybridized carbons (Fsp3) is 0.250. The maximum Gasteiger partial charge on any atom is 0.270 e. The topological polar surface area (TPSA) is 39.3 Å². The molecule has 2 aromatic carbocycles. The number of rotatable bonds is 3. The lowest BCUT2D eigenvalue weighted by Crippen LogP contribution is -2.48. The minimum Gasteiger partial charge on any atom is -0.350 e. The van der Waals surface area contributed by atoms with Crippen molar-refractivity contribution in [3.05, 3.63) is 71.7 Å². The molecule has 1 aliphatic heterocycles. The van der Waals surface area contributed by atoms with Crippen molar-refractivity contribution in [2.75, 3.05) is 26.2 Å². The summed E-state index contributed by atoms with van der Waals surface area (Å²) in [5.41, 5.74) is 2.48. The number of halogens is 1. The number of hydrogen-bond acceptors (Lipinski definition) is 2. The summed E-state index contributed by atoms with van der Waals surface area (Å²) in [4.78, 5) is 20.0. The normalized spacial score (nSPS) is 15.6. The van der Waals surface area contributed by atoms with Crippen LogP contribution in [0.3, 0.4) is 0 Å². The summed E-state index contributed by atoms with van der Waals surface area (Å²) in [5.74, 6) is -0.321. The zero-order chi connectivity index (χ0) is 17.2. The van der Waals surface area contributed by atoms with E-state index in [9.17, 15) is 9.18 Å². The van der Waals surface area contributed by atoms with E-state index in [1.807, 2.05) is 23.1 Å². The number of nitrogens with zero attached hydrogens (tertiary/aromatic N) is 2. The molecule has 5 heteroatoms. The van der Waals surface area contributed by atoms with Gasteiger partial charge in [-0.05, 0) is 29.8 Å². The summed E-state index contributed by atoms with van der Waals surface area (Å²) in [6.07, 6.45) is 0. The van der Waals surface area contributed by atoms with E-state index in [-0.39, 0.29) is 11.7 Å². The van der Waals surface area contributed by atoms with Crippen LogP contribution in [0.2, 0.25) is 0 Å². The summed E-state index contributed by atoms with van der Waals surface area (Å²) in [7, 11) is 0. The Hall–Kier alpha value is -2.66. The van der Waals surface area contributed by atoms with Crippen LogP contribution in [-0.4, -0.2) is 46.9 Å². The highest BCUT2D eigenvalue weighted by Crippen LogP contribution is 2.18. The molecule has 3 aromatic rings. The Bertz CT molecular complexity index is 882. The molecule has 1 aromatic heterocycles. The number of piperazine rings is 1. The second kappa shape index (κ2) is 6.69. The van der Waals surface area contributed by atoms with Gasteiger partial charge in [-0.2, -0.15) is 0 Å². The van der Waals surface area contributed by atoms with E-state index in [1.165, 1.54) is 17.7 Å². The Kier molecular flexibility index (Phi) is 4.24. The first-order chi connectivity index (χ1) is 12.2. The molecule has 4 nitrogen and oxygen atoms in total. The van der Waals surface area contributed by atoms with Gasteiger partial charge in [-0.15, -0.1) is 0 Å². The van der Waals surface area contributed by atoms with Crippen LogP contribution in [0.25, 0.3) is 10.9 Å². The SMILES string of the molecule is O=C(c1cc2ccc(F)cc2[nH]1)N1CCN(Cc2ccccc2)CC1. The molecule has 0 unspecified atom stereocenters. The molecule has 4 rings (SSSR count). The quantitative estimate of drug-likeness (QED) is 0.797. The first-order valence-corrected chi connectivity index (χ1v) is 8.53. The zero-order valence-corrected chi connectivity index (χ0v) is 13.9. The van der Waals surface area contributed by atoms with Gasteiger partial charge in [-0.1, -0.05) is 30.3 Å². The first-order valence-electron chi connectivity index (χ1n) is 8.53. The Labute approximate surface area is 145 Å². The monoisotopic (exact) mass is 337 g/mol. The van der Waals surface area contributed by atoms with Crippen molar-refractivity contribution in [3.63, 3.8) is 0 Å². The lowest BCUT2D eigenvalue weighted by Gasteiger charge is -2.34. The maximum absolute atomic E-state index is 13.3. The third-order valence-corrected chi connectivity index (χ3v) is 4.72. The summed E-state index contributed by atoms with van der Waals surface area (Å²) in [6.45, 7) is 4.03. The molecule has 128 valence electrons. The average Bonchev–Trinajstić information content (AvgIpc) is 3.06. The molecule has 0 spiro atoms. The summed E-state index contributed by atoms with van der Waals surface area (Å²) in [5, 5.41) is 0.854. The predicted molar refractivity (Wildman–Crippen MR) is 95.9 cm³/mol. The van der Waals surface area contributed by atoms with Crippen molar-refractivity contribution in [2.24, 2.45) is 0 Å². The van der Waals surface area contributed by atoms with Gasteiger partial charge in [-0.3, -0.25) is 9.69 Å². The standard InChI is InChI=1S/C20H20FN3O/c21-17-7-6-16-12-19(22-18(16)13-17)20(25)24-10-8-23(9-11-24)14-15-4-2-1-3-5-15/h1-7,12-13,22H,8-11,14H2. The first kappa shape index (κ1) is 15.8. The van der Waals surface area contributed by atoms with E-state index in [2.05, 4.69) is 22.0 Å². The highest BCUT2D eigenvalue weighted by atomic mass is 19.1. The fourth-order valence-electron chi connectivity index (χ4n) is 3.34. The molecule has 0 bridgehead atoms. The van der Waals surface area contributed by atoms with Gasteiger partial charge in [0.05, 0.1) is 0 Å². The van der Waals surface area contributed by atoms with E-state index in [0.29, 0.717) is 24.3 Å². The minimum atomic E-state index is -0.303. The van der Waals surface area contributed by atoms with Gasteiger partial charge in [0.2, 0.25) is 0 Å². The largest absolute Gasteiger partial charge is 0.350 e. The third-order valence-electron chi connectivity index (χ3n) is 4.72. The molecular weight excluding hydrogens is 317 g/mol. The lowest BCUT2D eigenvalue weighted by molar-refractivity contribution is 0.0623. The number of hydrogen-bond donors (Lipinski definition) is 1. The van der Waals surface area contributed by atoms with Gasteiger partial charge in [0.15, 0.2) is 0 Å². The third kappa shape index (κ3) is 3.42. The summed E-state index contributed by atoms with van der Waals surface area (Å²) >= 11 is 0. The van der Waals surface area contributed by atoms with Crippen molar-refractivity contribution in [3.8, 4) is 0 Å². The molecule has 2 heterocycles. The number of benzene rings is 2. The molecule has 0 atom stereocenters. The van der Waals surface area contributed by atoms with Crippen molar-refractivity contribution in [2.45, 2.75) is 6.54 Å². The average molecular weight is 337 g/mol. The number of aromatic amines is 1. The van der Waals surface area contributed by atoms with Crippen molar-refractivity contribution >= 4 is 16.8 Å². The van der Waals surface area contributed by atoms with Crippen LogP contribution in [0.5, 0.6) is 0 Å². The Balaban J connectivity index is 1.40. The smallest absolute Gasteiger partial charge is 0.270 e. The number of carbonyl (C=O) groups is 1. The molecule has 0 aliphatic carbocycles.